The summed E-state index contributed by atoms with van der Waals surface area (Å²) in [5.41, 5.74) is -0.900. The van der Waals surface area contributed by atoms with Gasteiger partial charge in [-0.3, -0.25) is 9.52 Å². The molecule has 0 aliphatic carbocycles. The summed E-state index contributed by atoms with van der Waals surface area (Å²) in [6.45, 7) is 1.54. The van der Waals surface area contributed by atoms with Gasteiger partial charge in [-0.25, -0.2) is 8.42 Å². The zero-order valence-corrected chi connectivity index (χ0v) is 18.9. The Bertz CT molecular complexity index is 1260. The number of anilines is 2. The van der Waals surface area contributed by atoms with E-state index in [1.165, 1.54) is 37.4 Å². The summed E-state index contributed by atoms with van der Waals surface area (Å²) in [7, 11) is -2.68. The molecular formula is C23H21F3N2O5S. The van der Waals surface area contributed by atoms with Crippen LogP contribution in [0.4, 0.5) is 24.5 Å². The molecule has 0 fully saturated rings. The van der Waals surface area contributed by atoms with Crippen LogP contribution >= 0.6 is 0 Å². The van der Waals surface area contributed by atoms with Crippen molar-refractivity contribution < 1.29 is 35.9 Å². The molecule has 34 heavy (non-hydrogen) atoms. The van der Waals surface area contributed by atoms with Crippen LogP contribution in [-0.2, 0) is 21.0 Å². The number of carbonyl (C=O) groups is 1. The highest BCUT2D eigenvalue weighted by molar-refractivity contribution is 7.92. The van der Waals surface area contributed by atoms with Gasteiger partial charge >= 0.3 is 6.18 Å². The molecule has 0 unspecified atom stereocenters. The highest BCUT2D eigenvalue weighted by Gasteiger charge is 2.30. The van der Waals surface area contributed by atoms with Gasteiger partial charge in [-0.05, 0) is 61.5 Å². The number of carbonyl (C=O) groups excluding carboxylic acids is 1. The first-order valence-corrected chi connectivity index (χ1v) is 11.4. The molecule has 1 amide bonds. The minimum Gasteiger partial charge on any atom is -0.493 e. The number of methoxy groups -OCH3 is 1. The molecule has 0 aliphatic rings. The summed E-state index contributed by atoms with van der Waals surface area (Å²) in [5.74, 6) is 0.364. The Balaban J connectivity index is 1.66. The molecule has 180 valence electrons. The van der Waals surface area contributed by atoms with Gasteiger partial charge in [0.25, 0.3) is 15.9 Å². The second-order valence-electron chi connectivity index (χ2n) is 7.11. The maximum atomic E-state index is 12.9. The third-order valence-electron chi connectivity index (χ3n) is 4.62. The van der Waals surface area contributed by atoms with Crippen LogP contribution in [0.25, 0.3) is 0 Å². The van der Waals surface area contributed by atoms with Crippen LogP contribution in [0.15, 0.2) is 77.7 Å². The van der Waals surface area contributed by atoms with E-state index in [1.54, 1.807) is 31.2 Å². The van der Waals surface area contributed by atoms with Crippen LogP contribution in [0, 0.1) is 0 Å². The summed E-state index contributed by atoms with van der Waals surface area (Å²) < 4.78 is 76.6. The lowest BCUT2D eigenvalue weighted by Gasteiger charge is -2.17. The monoisotopic (exact) mass is 494 g/mol. The van der Waals surface area contributed by atoms with Gasteiger partial charge in [0.2, 0.25) is 0 Å². The molecule has 2 N–H and O–H groups in total. The quantitative estimate of drug-likeness (QED) is 0.464. The number of para-hydroxylation sites is 2. The second-order valence-corrected chi connectivity index (χ2v) is 8.79. The minimum atomic E-state index is -4.60. The van der Waals surface area contributed by atoms with E-state index in [2.05, 4.69) is 10.0 Å². The normalized spacial score (nSPS) is 12.5. The van der Waals surface area contributed by atoms with Gasteiger partial charge in [-0.1, -0.05) is 18.2 Å². The molecule has 0 saturated carbocycles. The van der Waals surface area contributed by atoms with E-state index in [-0.39, 0.29) is 10.6 Å². The van der Waals surface area contributed by atoms with Gasteiger partial charge in [0.15, 0.2) is 17.6 Å². The van der Waals surface area contributed by atoms with Crippen molar-refractivity contribution in [1.29, 1.82) is 0 Å². The first-order valence-electron chi connectivity index (χ1n) is 9.90. The fraction of sp³-hybridized carbons (Fsp3) is 0.174. The van der Waals surface area contributed by atoms with Gasteiger partial charge in [-0.15, -0.1) is 0 Å². The Morgan fingerprint density at radius 3 is 2.18 bits per heavy atom. The number of amides is 1. The van der Waals surface area contributed by atoms with Crippen LogP contribution in [-0.4, -0.2) is 27.5 Å². The minimum absolute atomic E-state index is 0.193. The molecule has 0 saturated heterocycles. The van der Waals surface area contributed by atoms with Crippen molar-refractivity contribution in [2.24, 2.45) is 0 Å². The molecule has 1 atom stereocenters. The summed E-state index contributed by atoms with van der Waals surface area (Å²) in [6.07, 6.45) is -5.49. The van der Waals surface area contributed by atoms with E-state index < -0.39 is 33.8 Å². The number of sulfonamides is 1. The second kappa shape index (κ2) is 10.0. The molecule has 0 radical (unpaired) electrons. The van der Waals surface area contributed by atoms with Gasteiger partial charge < -0.3 is 14.8 Å². The number of ether oxygens (including phenoxy) is 2. The SMILES string of the molecule is COc1ccccc1O[C@@H](C)C(=O)Nc1ccc(S(=O)(=O)Nc2cccc(C(F)(F)F)c2)cc1. The third kappa shape index (κ3) is 6.19. The summed E-state index contributed by atoms with van der Waals surface area (Å²) >= 11 is 0. The average molecular weight is 494 g/mol. The number of hydrogen-bond acceptors (Lipinski definition) is 5. The van der Waals surface area contributed by atoms with Crippen molar-refractivity contribution in [3.8, 4) is 11.5 Å². The Labute approximate surface area is 194 Å². The maximum absolute atomic E-state index is 12.9. The van der Waals surface area contributed by atoms with Crippen LogP contribution in [0.3, 0.4) is 0 Å². The van der Waals surface area contributed by atoms with E-state index in [4.69, 9.17) is 9.47 Å². The highest BCUT2D eigenvalue weighted by Crippen LogP contribution is 2.31. The Morgan fingerprint density at radius 1 is 0.912 bits per heavy atom. The zero-order chi connectivity index (χ0) is 24.9. The Kier molecular flexibility index (Phi) is 7.35. The fourth-order valence-electron chi connectivity index (χ4n) is 2.89. The van der Waals surface area contributed by atoms with E-state index in [9.17, 15) is 26.4 Å². The Hall–Kier alpha value is -3.73. The highest BCUT2D eigenvalue weighted by atomic mass is 32.2. The van der Waals surface area contributed by atoms with Crippen LogP contribution < -0.4 is 19.5 Å². The molecule has 3 rings (SSSR count). The van der Waals surface area contributed by atoms with E-state index in [0.717, 1.165) is 12.1 Å². The number of halogens is 3. The van der Waals surface area contributed by atoms with Crippen molar-refractivity contribution in [3.63, 3.8) is 0 Å². The first kappa shape index (κ1) is 24.9. The lowest BCUT2D eigenvalue weighted by Crippen LogP contribution is -2.30. The number of nitrogens with one attached hydrogen (secondary N) is 2. The molecule has 11 heteroatoms. The first-order chi connectivity index (χ1) is 16.0. The van der Waals surface area contributed by atoms with E-state index in [0.29, 0.717) is 23.3 Å². The number of hydrogen-bond donors (Lipinski definition) is 2. The number of alkyl halides is 3. The number of rotatable bonds is 8. The van der Waals surface area contributed by atoms with E-state index in [1.807, 2.05) is 0 Å². The molecule has 0 aliphatic heterocycles. The number of benzene rings is 3. The largest absolute Gasteiger partial charge is 0.493 e. The molecule has 0 spiro atoms. The topological polar surface area (TPSA) is 93.7 Å². The molecule has 0 aromatic heterocycles. The van der Waals surface area contributed by atoms with Gasteiger partial charge in [0.1, 0.15) is 0 Å². The lowest BCUT2D eigenvalue weighted by molar-refractivity contribution is -0.137. The molecule has 3 aromatic rings. The van der Waals surface area contributed by atoms with Crippen LogP contribution in [0.1, 0.15) is 12.5 Å². The van der Waals surface area contributed by atoms with Gasteiger partial charge in [0, 0.05) is 11.4 Å². The molecular weight excluding hydrogens is 473 g/mol. The standard InChI is InChI=1S/C23H21F3N2O5S/c1-15(33-21-9-4-3-8-20(21)32-2)22(29)27-17-10-12-19(13-11-17)34(30,31)28-18-7-5-6-16(14-18)23(24,25)26/h3-15,28H,1-2H3,(H,27,29)/t15-/m0/s1. The molecule has 0 heterocycles. The van der Waals surface area contributed by atoms with Crippen molar-refractivity contribution in [3.05, 3.63) is 78.4 Å². The smallest absolute Gasteiger partial charge is 0.416 e. The molecule has 3 aromatic carbocycles. The Morgan fingerprint density at radius 2 is 1.56 bits per heavy atom. The van der Waals surface area contributed by atoms with E-state index >= 15 is 0 Å². The maximum Gasteiger partial charge on any atom is 0.416 e. The summed E-state index contributed by atoms with van der Waals surface area (Å²) in [6, 6.07) is 15.8. The van der Waals surface area contributed by atoms with Crippen molar-refractivity contribution in [2.75, 3.05) is 17.1 Å². The summed E-state index contributed by atoms with van der Waals surface area (Å²) in [5, 5.41) is 2.61. The predicted octanol–water partition coefficient (Wildman–Crippen LogP) is 4.92. The molecule has 7 nitrogen and oxygen atoms in total. The van der Waals surface area contributed by atoms with Crippen molar-refractivity contribution in [1.82, 2.24) is 0 Å². The third-order valence-corrected chi connectivity index (χ3v) is 6.01. The van der Waals surface area contributed by atoms with Crippen LogP contribution in [0.5, 0.6) is 11.5 Å². The lowest BCUT2D eigenvalue weighted by atomic mass is 10.2. The average Bonchev–Trinajstić information content (AvgIpc) is 2.79. The zero-order valence-electron chi connectivity index (χ0n) is 18.1. The van der Waals surface area contributed by atoms with Gasteiger partial charge in [-0.2, -0.15) is 13.2 Å². The van der Waals surface area contributed by atoms with Gasteiger partial charge in [0.05, 0.1) is 17.6 Å². The van der Waals surface area contributed by atoms with Crippen LogP contribution in [0.2, 0.25) is 0 Å². The fourth-order valence-corrected chi connectivity index (χ4v) is 3.94. The summed E-state index contributed by atoms with van der Waals surface area (Å²) in [4.78, 5) is 12.3. The molecule has 0 bridgehead atoms. The predicted molar refractivity (Wildman–Crippen MR) is 120 cm³/mol. The van der Waals surface area contributed by atoms with Crippen molar-refractivity contribution in [2.45, 2.75) is 24.1 Å². The van der Waals surface area contributed by atoms with Crippen molar-refractivity contribution >= 4 is 27.3 Å².